The fraction of sp³-hybridized carbons (Fsp3) is 0.308. The normalized spacial score (nSPS) is 12.6. The van der Waals surface area contributed by atoms with Crippen molar-refractivity contribution in [2.75, 3.05) is 20.3 Å². The van der Waals surface area contributed by atoms with Crippen molar-refractivity contribution in [3.63, 3.8) is 0 Å². The number of esters is 2. The monoisotopic (exact) mass is 525 g/mol. The van der Waals surface area contributed by atoms with E-state index >= 15 is 0 Å². The van der Waals surface area contributed by atoms with Crippen LogP contribution in [-0.2, 0) is 15.9 Å². The number of carboxylic acids is 1. The Kier molecular flexibility index (Phi) is 7.27. The number of ether oxygens (including phenoxy) is 3. The molecule has 2 aromatic heterocycles. The molecule has 0 aliphatic carbocycles. The summed E-state index contributed by atoms with van der Waals surface area (Å²) in [7, 11) is -0.204. The Labute approximate surface area is 213 Å². The Bertz CT molecular complexity index is 1340. The van der Waals surface area contributed by atoms with E-state index in [-0.39, 0.29) is 34.7 Å². The van der Waals surface area contributed by atoms with Crippen molar-refractivity contribution in [2.45, 2.75) is 32.1 Å². The van der Waals surface area contributed by atoms with Gasteiger partial charge >= 0.3 is 17.9 Å². The molecule has 1 aromatic carbocycles. The summed E-state index contributed by atoms with van der Waals surface area (Å²) in [6, 6.07) is 8.90. The Morgan fingerprint density at radius 2 is 1.86 bits per heavy atom. The number of pyridine rings is 1. The van der Waals surface area contributed by atoms with Gasteiger partial charge in [-0.25, -0.2) is 19.4 Å². The molecule has 0 atom stereocenters. The molecule has 10 heteroatoms. The highest BCUT2D eigenvalue weighted by Gasteiger charge is 2.27. The number of rotatable bonds is 7. The van der Waals surface area contributed by atoms with Crippen molar-refractivity contribution < 1.29 is 33.7 Å². The highest BCUT2D eigenvalue weighted by Crippen LogP contribution is 2.43. The molecule has 8 nitrogen and oxygen atoms in total. The molecule has 3 aromatic rings. The number of nitrogens with zero attached hydrogens (tertiary/aromatic N) is 1. The first-order valence-electron chi connectivity index (χ1n) is 11.5. The van der Waals surface area contributed by atoms with E-state index in [1.165, 1.54) is 30.6 Å². The lowest BCUT2D eigenvalue weighted by Gasteiger charge is -2.16. The van der Waals surface area contributed by atoms with Gasteiger partial charge in [0.2, 0.25) is 0 Å². The lowest BCUT2D eigenvalue weighted by molar-refractivity contribution is 0.0517. The average Bonchev–Trinajstić information content (AvgIpc) is 3.23. The number of carbonyl (C=O) groups excluding carboxylic acids is 2. The lowest BCUT2D eigenvalue weighted by atomic mass is 9.94. The molecule has 1 aliphatic heterocycles. The van der Waals surface area contributed by atoms with Crippen LogP contribution in [0.1, 0.15) is 36.9 Å². The van der Waals surface area contributed by atoms with E-state index in [9.17, 15) is 19.5 Å². The third kappa shape index (κ3) is 5.34. The largest absolute Gasteiger partial charge is 0.493 e. The van der Waals surface area contributed by atoms with Gasteiger partial charge in [-0.2, -0.15) is 0 Å². The summed E-state index contributed by atoms with van der Waals surface area (Å²) >= 11 is 1.52. The fourth-order valence-electron chi connectivity index (χ4n) is 3.88. The first-order chi connectivity index (χ1) is 17.1. The molecule has 0 unspecified atom stereocenters. The van der Waals surface area contributed by atoms with Gasteiger partial charge in [0.25, 0.3) is 0 Å². The highest BCUT2D eigenvalue weighted by atomic mass is 32.1. The summed E-state index contributed by atoms with van der Waals surface area (Å²) in [4.78, 5) is 42.8. The van der Waals surface area contributed by atoms with E-state index in [1.807, 2.05) is 11.4 Å². The predicted molar refractivity (Wildman–Crippen MR) is 139 cm³/mol. The first kappa shape index (κ1) is 25.6. The quantitative estimate of drug-likeness (QED) is 0.323. The molecular weight excluding hydrogens is 498 g/mol. The molecule has 0 amide bonds. The number of thiophene rings is 1. The number of aromatic nitrogens is 1. The van der Waals surface area contributed by atoms with Crippen LogP contribution in [0.5, 0.6) is 5.75 Å². The summed E-state index contributed by atoms with van der Waals surface area (Å²) in [6.07, 6.45) is 0.703. The van der Waals surface area contributed by atoms with Crippen molar-refractivity contribution >= 4 is 37.3 Å². The van der Waals surface area contributed by atoms with Crippen molar-refractivity contribution in [2.24, 2.45) is 0 Å². The maximum absolute atomic E-state index is 12.7. The van der Waals surface area contributed by atoms with Crippen LogP contribution in [0.3, 0.4) is 0 Å². The summed E-state index contributed by atoms with van der Waals surface area (Å²) < 4.78 is 16.2. The minimum atomic E-state index is -1.40. The second-order valence-electron chi connectivity index (χ2n) is 9.60. The number of fused-ring (bicyclic) bond motifs is 3. The van der Waals surface area contributed by atoms with Crippen LogP contribution < -0.4 is 4.74 Å². The zero-order valence-corrected chi connectivity index (χ0v) is 22.4. The highest BCUT2D eigenvalue weighted by molar-refractivity contribution is 7.13. The van der Waals surface area contributed by atoms with Crippen molar-refractivity contribution in [3.05, 3.63) is 58.2 Å². The maximum atomic E-state index is 12.7. The van der Waals surface area contributed by atoms with Crippen molar-refractivity contribution in [1.82, 2.24) is 4.98 Å². The van der Waals surface area contributed by atoms with Crippen LogP contribution in [0.15, 0.2) is 35.7 Å². The van der Waals surface area contributed by atoms with Gasteiger partial charge < -0.3 is 19.3 Å². The third-order valence-corrected chi connectivity index (χ3v) is 8.52. The van der Waals surface area contributed by atoms with Crippen LogP contribution >= 0.6 is 11.3 Å². The molecule has 36 heavy (non-hydrogen) atoms. The van der Waals surface area contributed by atoms with Crippen LogP contribution in [0, 0.1) is 0 Å². The van der Waals surface area contributed by atoms with Crippen molar-refractivity contribution in [3.8, 4) is 27.3 Å². The van der Waals surface area contributed by atoms with Crippen LogP contribution in [0.4, 0.5) is 0 Å². The van der Waals surface area contributed by atoms with Gasteiger partial charge in [-0.3, -0.25) is 0 Å². The molecule has 1 N–H and O–H groups in total. The molecular formula is C26H27NO7SSi. The molecule has 0 spiro atoms. The summed E-state index contributed by atoms with van der Waals surface area (Å²) in [5.41, 5.74) is 2.00. The molecule has 188 valence electrons. The lowest BCUT2D eigenvalue weighted by Crippen LogP contribution is -2.23. The van der Waals surface area contributed by atoms with Crippen LogP contribution in [0.25, 0.3) is 21.6 Å². The molecule has 0 fully saturated rings. The Balaban J connectivity index is 1.79. The van der Waals surface area contributed by atoms with E-state index in [0.29, 0.717) is 24.3 Å². The molecule has 0 saturated carbocycles. The summed E-state index contributed by atoms with van der Waals surface area (Å²) in [5, 5.41) is 12.0. The molecule has 4 rings (SSSR count). The molecule has 0 radical (unpaired) electrons. The van der Waals surface area contributed by atoms with E-state index < -0.39 is 26.0 Å². The van der Waals surface area contributed by atoms with Gasteiger partial charge in [-0.15, -0.1) is 11.3 Å². The van der Waals surface area contributed by atoms with Gasteiger partial charge in [0.15, 0.2) is 5.69 Å². The first-order valence-corrected chi connectivity index (χ1v) is 16.1. The molecule has 0 bridgehead atoms. The van der Waals surface area contributed by atoms with Gasteiger partial charge in [-0.05, 0) is 47.3 Å². The smallest absolute Gasteiger partial charge is 0.357 e. The Hall–Kier alpha value is -3.50. The average molecular weight is 526 g/mol. The van der Waals surface area contributed by atoms with Crippen LogP contribution in [0.2, 0.25) is 25.7 Å². The minimum absolute atomic E-state index is 0.0176. The second-order valence-corrected chi connectivity index (χ2v) is 16.1. The maximum Gasteiger partial charge on any atom is 0.357 e. The topological polar surface area (TPSA) is 112 Å². The fourth-order valence-corrected chi connectivity index (χ4v) is 5.57. The minimum Gasteiger partial charge on any atom is -0.493 e. The molecule has 1 aliphatic rings. The zero-order valence-electron chi connectivity index (χ0n) is 20.5. The van der Waals surface area contributed by atoms with E-state index in [1.54, 1.807) is 12.1 Å². The van der Waals surface area contributed by atoms with Gasteiger partial charge in [0.1, 0.15) is 11.4 Å². The Morgan fingerprint density at radius 3 is 2.56 bits per heavy atom. The van der Waals surface area contributed by atoms with Crippen molar-refractivity contribution in [1.29, 1.82) is 0 Å². The van der Waals surface area contributed by atoms with E-state index in [4.69, 9.17) is 14.2 Å². The predicted octanol–water partition coefficient (Wildman–Crippen LogP) is 5.39. The Morgan fingerprint density at radius 1 is 1.08 bits per heavy atom. The SMILES string of the molecule is COC(=O)c1nc(C(=O)OCC[Si](C)(C)C)ccc1-c1cc2c(cc1C(=O)O)-c1sccc1CCO2. The zero-order chi connectivity index (χ0) is 26.0. The number of carbonyl (C=O) groups is 3. The van der Waals surface area contributed by atoms with E-state index in [2.05, 4.69) is 24.6 Å². The summed E-state index contributed by atoms with van der Waals surface area (Å²) in [6.45, 7) is 7.22. The van der Waals surface area contributed by atoms with Gasteiger partial charge in [0, 0.05) is 36.1 Å². The number of hydrogen-bond donors (Lipinski definition) is 1. The molecule has 0 saturated heterocycles. The number of methoxy groups -OCH3 is 1. The standard InChI is InChI=1S/C26H27NO7SSi/c1-32-26(31)22-16(5-6-20(27-22)25(30)34-10-12-36(2,3)4)17-14-21-19(13-18(17)24(28)29)23-15(7-9-33-21)8-11-35-23/h5-6,8,11,13-14H,7,9-10,12H2,1-4H3,(H,28,29). The summed E-state index contributed by atoms with van der Waals surface area (Å²) in [5.74, 6) is -2.10. The van der Waals surface area contributed by atoms with Gasteiger partial charge in [-0.1, -0.05) is 19.6 Å². The van der Waals surface area contributed by atoms with Gasteiger partial charge in [0.05, 0.1) is 25.9 Å². The number of benzene rings is 1. The molecule has 3 heterocycles. The number of carboxylic acid groups (broad SMARTS) is 1. The number of aromatic carboxylic acids is 1. The number of hydrogen-bond acceptors (Lipinski definition) is 8. The van der Waals surface area contributed by atoms with Crippen LogP contribution in [-0.4, -0.2) is 56.4 Å². The third-order valence-electron chi connectivity index (χ3n) is 5.83. The second kappa shape index (κ2) is 10.2. The van der Waals surface area contributed by atoms with E-state index in [0.717, 1.165) is 16.5 Å².